The Hall–Kier alpha value is -3.15. The van der Waals surface area contributed by atoms with Gasteiger partial charge in [-0.25, -0.2) is 5.01 Å². The fourth-order valence-electron chi connectivity index (χ4n) is 2.78. The van der Waals surface area contributed by atoms with E-state index in [-0.39, 0.29) is 24.7 Å². The molecule has 6 heteroatoms. The summed E-state index contributed by atoms with van der Waals surface area (Å²) in [5, 5.41) is 8.62. The molecular weight excluding hydrogens is 342 g/mol. The molecule has 2 amide bonds. The van der Waals surface area contributed by atoms with Gasteiger partial charge in [-0.2, -0.15) is 5.10 Å². The van der Waals surface area contributed by atoms with Gasteiger partial charge >= 0.3 is 0 Å². The van der Waals surface area contributed by atoms with E-state index in [0.29, 0.717) is 19.7 Å². The summed E-state index contributed by atoms with van der Waals surface area (Å²) in [5.74, 6) is 0.478. The van der Waals surface area contributed by atoms with E-state index in [1.54, 1.807) is 0 Å². The van der Waals surface area contributed by atoms with E-state index in [9.17, 15) is 9.59 Å². The van der Waals surface area contributed by atoms with Crippen molar-refractivity contribution in [2.24, 2.45) is 5.10 Å². The number of para-hydroxylation sites is 1. The molecule has 1 aliphatic heterocycles. The third-order valence-electron chi connectivity index (χ3n) is 4.20. The molecule has 6 nitrogen and oxygen atoms in total. The third-order valence-corrected chi connectivity index (χ3v) is 4.20. The smallest absolute Gasteiger partial charge is 0.243 e. The van der Waals surface area contributed by atoms with Crippen LogP contribution in [0.3, 0.4) is 0 Å². The summed E-state index contributed by atoms with van der Waals surface area (Å²) in [6, 6.07) is 19.2. The minimum Gasteiger partial charge on any atom is -0.492 e. The zero-order valence-electron chi connectivity index (χ0n) is 15.1. The average Bonchev–Trinajstić information content (AvgIpc) is 3.21. The first kappa shape index (κ1) is 18.6. The number of carbonyl (C=O) groups excluding carboxylic acids is 2. The summed E-state index contributed by atoms with van der Waals surface area (Å²) in [6.45, 7) is 1.36. The van der Waals surface area contributed by atoms with Gasteiger partial charge in [0.2, 0.25) is 11.8 Å². The van der Waals surface area contributed by atoms with E-state index < -0.39 is 0 Å². The molecule has 140 valence electrons. The van der Waals surface area contributed by atoms with E-state index in [1.165, 1.54) is 5.01 Å². The number of rotatable bonds is 8. The zero-order chi connectivity index (χ0) is 18.9. The van der Waals surface area contributed by atoms with Crippen LogP contribution in [0.4, 0.5) is 0 Å². The molecule has 0 aromatic heterocycles. The van der Waals surface area contributed by atoms with Gasteiger partial charge in [-0.1, -0.05) is 48.5 Å². The Morgan fingerprint density at radius 3 is 2.44 bits per heavy atom. The van der Waals surface area contributed by atoms with Crippen LogP contribution in [0.15, 0.2) is 65.8 Å². The summed E-state index contributed by atoms with van der Waals surface area (Å²) >= 11 is 0. The molecule has 0 radical (unpaired) electrons. The van der Waals surface area contributed by atoms with Crippen molar-refractivity contribution < 1.29 is 14.3 Å². The maximum atomic E-state index is 12.3. The molecule has 0 saturated carbocycles. The molecule has 0 bridgehead atoms. The highest BCUT2D eigenvalue weighted by Gasteiger charge is 2.21. The van der Waals surface area contributed by atoms with Gasteiger partial charge in [-0.05, 0) is 17.7 Å². The molecule has 1 N–H and O–H groups in total. The van der Waals surface area contributed by atoms with Gasteiger partial charge in [-0.3, -0.25) is 9.59 Å². The van der Waals surface area contributed by atoms with Crippen LogP contribution in [-0.2, 0) is 9.59 Å². The number of nitrogens with zero attached hydrogens (tertiary/aromatic N) is 2. The number of hydrogen-bond donors (Lipinski definition) is 1. The van der Waals surface area contributed by atoms with Crippen molar-refractivity contribution in [2.75, 3.05) is 19.7 Å². The Balaban J connectivity index is 1.35. The summed E-state index contributed by atoms with van der Waals surface area (Å²) < 4.78 is 5.51. The van der Waals surface area contributed by atoms with Crippen LogP contribution in [-0.4, -0.2) is 42.2 Å². The fourth-order valence-corrected chi connectivity index (χ4v) is 2.78. The number of ether oxygens (including phenoxy) is 1. The quantitative estimate of drug-likeness (QED) is 0.731. The number of hydrazone groups is 1. The van der Waals surface area contributed by atoms with Crippen LogP contribution in [0.5, 0.6) is 5.75 Å². The van der Waals surface area contributed by atoms with E-state index in [2.05, 4.69) is 10.4 Å². The molecule has 3 rings (SSSR count). The second-order valence-electron chi connectivity index (χ2n) is 6.19. The summed E-state index contributed by atoms with van der Waals surface area (Å²) in [7, 11) is 0. The van der Waals surface area contributed by atoms with Crippen molar-refractivity contribution in [3.8, 4) is 5.75 Å². The lowest BCUT2D eigenvalue weighted by Gasteiger charge is -2.11. The van der Waals surface area contributed by atoms with E-state index >= 15 is 0 Å². The number of carbonyl (C=O) groups is 2. The van der Waals surface area contributed by atoms with Crippen molar-refractivity contribution in [3.63, 3.8) is 0 Å². The number of benzene rings is 2. The maximum absolute atomic E-state index is 12.3. The highest BCUT2D eigenvalue weighted by atomic mass is 16.5. The first-order valence-corrected chi connectivity index (χ1v) is 9.10. The lowest BCUT2D eigenvalue weighted by Crippen LogP contribution is -2.30. The molecule has 2 aromatic carbocycles. The van der Waals surface area contributed by atoms with Crippen LogP contribution in [0.25, 0.3) is 0 Å². The van der Waals surface area contributed by atoms with Gasteiger partial charge in [0.25, 0.3) is 0 Å². The van der Waals surface area contributed by atoms with Crippen LogP contribution < -0.4 is 10.1 Å². The Bertz CT molecular complexity index is 791. The molecule has 0 fully saturated rings. The van der Waals surface area contributed by atoms with Crippen molar-refractivity contribution in [2.45, 2.75) is 19.3 Å². The molecule has 0 unspecified atom stereocenters. The van der Waals surface area contributed by atoms with Gasteiger partial charge in [0.15, 0.2) is 0 Å². The minimum atomic E-state index is -0.161. The molecule has 1 aliphatic rings. The second-order valence-corrected chi connectivity index (χ2v) is 6.19. The Labute approximate surface area is 158 Å². The molecule has 0 spiro atoms. The monoisotopic (exact) mass is 365 g/mol. The predicted octanol–water partition coefficient (Wildman–Crippen LogP) is 2.60. The molecule has 0 atom stereocenters. The van der Waals surface area contributed by atoms with Gasteiger partial charge in [0.1, 0.15) is 12.4 Å². The van der Waals surface area contributed by atoms with E-state index in [4.69, 9.17) is 4.74 Å². The number of hydrogen-bond acceptors (Lipinski definition) is 4. The topological polar surface area (TPSA) is 71.0 Å². The van der Waals surface area contributed by atoms with Gasteiger partial charge in [0.05, 0.1) is 18.8 Å². The zero-order valence-corrected chi connectivity index (χ0v) is 15.1. The van der Waals surface area contributed by atoms with Crippen molar-refractivity contribution in [1.29, 1.82) is 0 Å². The normalized spacial score (nSPS) is 13.2. The van der Waals surface area contributed by atoms with Crippen LogP contribution in [0.1, 0.15) is 24.8 Å². The Morgan fingerprint density at radius 1 is 1.00 bits per heavy atom. The van der Waals surface area contributed by atoms with Gasteiger partial charge < -0.3 is 10.1 Å². The number of nitrogens with one attached hydrogen (secondary N) is 1. The molecule has 1 heterocycles. The Morgan fingerprint density at radius 2 is 1.70 bits per heavy atom. The van der Waals surface area contributed by atoms with Crippen molar-refractivity contribution in [1.82, 2.24) is 10.3 Å². The van der Waals surface area contributed by atoms with Crippen LogP contribution in [0, 0.1) is 0 Å². The minimum absolute atomic E-state index is 0.128. The molecule has 0 saturated heterocycles. The molecule has 0 aliphatic carbocycles. The summed E-state index contributed by atoms with van der Waals surface area (Å²) in [5.41, 5.74) is 1.94. The molecule has 2 aromatic rings. The highest BCUT2D eigenvalue weighted by Crippen LogP contribution is 2.15. The fraction of sp³-hybridized carbons (Fsp3) is 0.286. The van der Waals surface area contributed by atoms with E-state index in [0.717, 1.165) is 23.4 Å². The summed E-state index contributed by atoms with van der Waals surface area (Å²) in [4.78, 5) is 24.1. The first-order chi connectivity index (χ1) is 13.2. The van der Waals surface area contributed by atoms with Gasteiger partial charge in [0, 0.05) is 19.3 Å². The Kier molecular flexibility index (Phi) is 6.57. The van der Waals surface area contributed by atoms with Crippen LogP contribution in [0.2, 0.25) is 0 Å². The largest absolute Gasteiger partial charge is 0.492 e. The van der Waals surface area contributed by atoms with Crippen LogP contribution >= 0.6 is 0 Å². The number of amides is 2. The lowest BCUT2D eigenvalue weighted by atomic mass is 10.1. The average molecular weight is 365 g/mol. The maximum Gasteiger partial charge on any atom is 0.243 e. The first-order valence-electron chi connectivity index (χ1n) is 9.10. The third kappa shape index (κ3) is 5.67. The lowest BCUT2D eigenvalue weighted by molar-refractivity contribution is -0.133. The SMILES string of the molecule is O=C(CCC(=O)N1CCC(c2ccccc2)=N1)NCCOc1ccccc1. The van der Waals surface area contributed by atoms with Crippen molar-refractivity contribution >= 4 is 17.5 Å². The molecule has 27 heavy (non-hydrogen) atoms. The molecular formula is C21H23N3O3. The van der Waals surface area contributed by atoms with E-state index in [1.807, 2.05) is 60.7 Å². The van der Waals surface area contributed by atoms with Gasteiger partial charge in [-0.15, -0.1) is 0 Å². The highest BCUT2D eigenvalue weighted by molar-refractivity contribution is 6.02. The summed E-state index contributed by atoms with van der Waals surface area (Å²) in [6.07, 6.45) is 1.03. The van der Waals surface area contributed by atoms with Crippen molar-refractivity contribution in [3.05, 3.63) is 66.2 Å². The second kappa shape index (κ2) is 9.52. The predicted molar refractivity (Wildman–Crippen MR) is 103 cm³/mol. The standard InChI is InChI=1S/C21H23N3O3/c25-20(22-14-16-27-18-9-5-2-6-10-18)11-12-21(26)24-15-13-19(23-24)17-7-3-1-4-8-17/h1-10H,11-16H2,(H,22,25).